The summed E-state index contributed by atoms with van der Waals surface area (Å²) in [5.41, 5.74) is 0. The van der Waals surface area contributed by atoms with Crippen LogP contribution in [0.15, 0.2) is 0 Å². The smallest absolute Gasteiger partial charge is 0.236 e. The normalized spacial score (nSPS) is 19.2. The molecular formula is C13H27N3O. The Hall–Kier alpha value is -0.610. The van der Waals surface area contributed by atoms with Gasteiger partial charge in [-0.05, 0) is 33.9 Å². The van der Waals surface area contributed by atoms with E-state index in [-0.39, 0.29) is 5.91 Å². The SMILES string of the molecule is CC(CNCC(=O)N1CCCCCC1)N(C)C. The van der Waals surface area contributed by atoms with E-state index in [2.05, 4.69) is 31.2 Å². The van der Waals surface area contributed by atoms with E-state index in [1.165, 1.54) is 25.7 Å². The van der Waals surface area contributed by atoms with Gasteiger partial charge in [-0.15, -0.1) is 0 Å². The van der Waals surface area contributed by atoms with E-state index in [4.69, 9.17) is 0 Å². The molecule has 1 N–H and O–H groups in total. The lowest BCUT2D eigenvalue weighted by Crippen LogP contribution is -2.42. The van der Waals surface area contributed by atoms with Gasteiger partial charge in [0.15, 0.2) is 0 Å². The lowest BCUT2D eigenvalue weighted by atomic mass is 10.2. The quantitative estimate of drug-likeness (QED) is 0.778. The van der Waals surface area contributed by atoms with Gasteiger partial charge < -0.3 is 15.1 Å². The highest BCUT2D eigenvalue weighted by atomic mass is 16.2. The first-order chi connectivity index (χ1) is 8.11. The molecule has 17 heavy (non-hydrogen) atoms. The van der Waals surface area contributed by atoms with Gasteiger partial charge in [0, 0.05) is 25.7 Å². The predicted octanol–water partition coefficient (Wildman–Crippen LogP) is 0.929. The number of rotatable bonds is 5. The molecule has 1 fully saturated rings. The van der Waals surface area contributed by atoms with Crippen molar-refractivity contribution in [2.45, 2.75) is 38.6 Å². The first-order valence-electron chi connectivity index (χ1n) is 6.76. The first-order valence-corrected chi connectivity index (χ1v) is 6.76. The molecule has 1 aliphatic rings. The molecule has 1 amide bonds. The van der Waals surface area contributed by atoms with Crippen molar-refractivity contribution in [3.8, 4) is 0 Å². The predicted molar refractivity (Wildman–Crippen MR) is 71.1 cm³/mol. The molecule has 0 bridgehead atoms. The van der Waals surface area contributed by atoms with Gasteiger partial charge in [0.1, 0.15) is 0 Å². The van der Waals surface area contributed by atoms with Crippen molar-refractivity contribution in [1.29, 1.82) is 0 Å². The number of nitrogens with zero attached hydrogens (tertiary/aromatic N) is 2. The summed E-state index contributed by atoms with van der Waals surface area (Å²) in [6.45, 7) is 5.40. The van der Waals surface area contributed by atoms with Crippen LogP contribution in [0.2, 0.25) is 0 Å². The summed E-state index contributed by atoms with van der Waals surface area (Å²) in [5, 5.41) is 3.25. The van der Waals surface area contributed by atoms with E-state index in [0.29, 0.717) is 12.6 Å². The van der Waals surface area contributed by atoms with Crippen LogP contribution in [0.4, 0.5) is 0 Å². The Morgan fingerprint density at radius 3 is 2.35 bits per heavy atom. The summed E-state index contributed by atoms with van der Waals surface area (Å²) in [6.07, 6.45) is 4.88. The lowest BCUT2D eigenvalue weighted by Gasteiger charge is -2.23. The zero-order valence-corrected chi connectivity index (χ0v) is 11.5. The fourth-order valence-electron chi connectivity index (χ4n) is 2.00. The van der Waals surface area contributed by atoms with E-state index < -0.39 is 0 Å². The highest BCUT2D eigenvalue weighted by Gasteiger charge is 2.15. The van der Waals surface area contributed by atoms with Crippen molar-refractivity contribution in [2.75, 3.05) is 40.3 Å². The number of likely N-dealkylation sites (N-methyl/N-ethyl adjacent to an activating group) is 1. The van der Waals surface area contributed by atoms with E-state index in [1.807, 2.05) is 4.90 Å². The van der Waals surface area contributed by atoms with E-state index in [9.17, 15) is 4.79 Å². The summed E-state index contributed by atoms with van der Waals surface area (Å²) < 4.78 is 0. The maximum absolute atomic E-state index is 12.0. The number of nitrogens with one attached hydrogen (secondary N) is 1. The number of amides is 1. The fourth-order valence-corrected chi connectivity index (χ4v) is 2.00. The fraction of sp³-hybridized carbons (Fsp3) is 0.923. The van der Waals surface area contributed by atoms with Gasteiger partial charge in [0.05, 0.1) is 6.54 Å². The Labute approximate surface area is 105 Å². The molecular weight excluding hydrogens is 214 g/mol. The third-order valence-electron chi connectivity index (χ3n) is 3.56. The summed E-state index contributed by atoms with van der Waals surface area (Å²) in [6, 6.07) is 0.465. The third-order valence-corrected chi connectivity index (χ3v) is 3.56. The summed E-state index contributed by atoms with van der Waals surface area (Å²) in [5.74, 6) is 0.262. The molecule has 1 heterocycles. The molecule has 1 atom stereocenters. The van der Waals surface area contributed by atoms with Gasteiger partial charge in [-0.1, -0.05) is 12.8 Å². The Kier molecular flexibility index (Phi) is 6.52. The minimum Gasteiger partial charge on any atom is -0.342 e. The average molecular weight is 241 g/mol. The second-order valence-electron chi connectivity index (χ2n) is 5.24. The maximum Gasteiger partial charge on any atom is 0.236 e. The van der Waals surface area contributed by atoms with Crippen molar-refractivity contribution in [3.63, 3.8) is 0 Å². The number of likely N-dealkylation sites (tertiary alicyclic amines) is 1. The van der Waals surface area contributed by atoms with Crippen molar-refractivity contribution in [1.82, 2.24) is 15.1 Å². The highest BCUT2D eigenvalue weighted by molar-refractivity contribution is 5.78. The van der Waals surface area contributed by atoms with Crippen molar-refractivity contribution >= 4 is 5.91 Å². The highest BCUT2D eigenvalue weighted by Crippen LogP contribution is 2.09. The van der Waals surface area contributed by atoms with Crippen molar-refractivity contribution in [2.24, 2.45) is 0 Å². The monoisotopic (exact) mass is 241 g/mol. The zero-order valence-electron chi connectivity index (χ0n) is 11.5. The van der Waals surface area contributed by atoms with Crippen LogP contribution >= 0.6 is 0 Å². The minimum absolute atomic E-state index is 0.262. The van der Waals surface area contributed by atoms with Gasteiger partial charge >= 0.3 is 0 Å². The van der Waals surface area contributed by atoms with Crippen molar-refractivity contribution in [3.05, 3.63) is 0 Å². The Balaban J connectivity index is 2.19. The summed E-state index contributed by atoms with van der Waals surface area (Å²) in [4.78, 5) is 16.1. The van der Waals surface area contributed by atoms with Crippen molar-refractivity contribution < 1.29 is 4.79 Å². The Bertz CT molecular complexity index is 223. The summed E-state index contributed by atoms with van der Waals surface area (Å²) >= 11 is 0. The average Bonchev–Trinajstić information content (AvgIpc) is 2.57. The molecule has 0 aromatic rings. The van der Waals surface area contributed by atoms with Crippen LogP contribution in [0.3, 0.4) is 0 Å². The third kappa shape index (κ3) is 5.50. The molecule has 0 radical (unpaired) electrons. The van der Waals surface area contributed by atoms with Crippen LogP contribution < -0.4 is 5.32 Å². The minimum atomic E-state index is 0.262. The molecule has 4 nitrogen and oxygen atoms in total. The molecule has 4 heteroatoms. The lowest BCUT2D eigenvalue weighted by molar-refractivity contribution is -0.130. The first kappa shape index (κ1) is 14.5. The van der Waals surface area contributed by atoms with Crippen LogP contribution in [0.1, 0.15) is 32.6 Å². The standard InChI is InChI=1S/C13H27N3O/c1-12(15(2)3)10-14-11-13(17)16-8-6-4-5-7-9-16/h12,14H,4-11H2,1-3H3. The van der Waals surface area contributed by atoms with E-state index in [0.717, 1.165) is 19.6 Å². The van der Waals surface area contributed by atoms with Gasteiger partial charge in [0.2, 0.25) is 5.91 Å². The van der Waals surface area contributed by atoms with Crippen LogP contribution in [0.5, 0.6) is 0 Å². The van der Waals surface area contributed by atoms with Gasteiger partial charge in [-0.2, -0.15) is 0 Å². The second-order valence-corrected chi connectivity index (χ2v) is 5.24. The van der Waals surface area contributed by atoms with Crippen LogP contribution in [0, 0.1) is 0 Å². The number of carbonyl (C=O) groups is 1. The van der Waals surface area contributed by atoms with Gasteiger partial charge in [-0.25, -0.2) is 0 Å². The van der Waals surface area contributed by atoms with Crippen LogP contribution in [-0.4, -0.2) is 62.0 Å². The van der Waals surface area contributed by atoms with Gasteiger partial charge in [-0.3, -0.25) is 4.79 Å². The molecule has 0 aliphatic carbocycles. The molecule has 1 aliphatic heterocycles. The molecule has 1 saturated heterocycles. The zero-order chi connectivity index (χ0) is 12.7. The molecule has 0 aromatic carbocycles. The topological polar surface area (TPSA) is 35.6 Å². The second kappa shape index (κ2) is 7.67. The molecule has 1 rings (SSSR count). The van der Waals surface area contributed by atoms with E-state index >= 15 is 0 Å². The largest absolute Gasteiger partial charge is 0.342 e. The molecule has 100 valence electrons. The van der Waals surface area contributed by atoms with Crippen LogP contribution in [-0.2, 0) is 4.79 Å². The molecule has 1 unspecified atom stereocenters. The molecule has 0 saturated carbocycles. The number of hydrogen-bond acceptors (Lipinski definition) is 3. The molecule has 0 aromatic heterocycles. The number of hydrogen-bond donors (Lipinski definition) is 1. The van der Waals surface area contributed by atoms with Crippen LogP contribution in [0.25, 0.3) is 0 Å². The Morgan fingerprint density at radius 2 is 1.82 bits per heavy atom. The Morgan fingerprint density at radius 1 is 1.24 bits per heavy atom. The molecule has 0 spiro atoms. The van der Waals surface area contributed by atoms with Gasteiger partial charge in [0.25, 0.3) is 0 Å². The van der Waals surface area contributed by atoms with E-state index in [1.54, 1.807) is 0 Å². The maximum atomic E-state index is 12.0. The summed E-state index contributed by atoms with van der Waals surface area (Å²) in [7, 11) is 4.12. The number of carbonyl (C=O) groups excluding carboxylic acids is 1.